The van der Waals surface area contributed by atoms with Crippen LogP contribution in [0.15, 0.2) is 24.3 Å². The van der Waals surface area contributed by atoms with E-state index in [0.29, 0.717) is 30.6 Å². The summed E-state index contributed by atoms with van der Waals surface area (Å²) >= 11 is 0. The minimum Gasteiger partial charge on any atom is -0.339 e. The molecule has 2 heterocycles. The summed E-state index contributed by atoms with van der Waals surface area (Å²) < 4.78 is 24.8. The van der Waals surface area contributed by atoms with Gasteiger partial charge in [-0.1, -0.05) is 12.1 Å². The molecule has 3 rings (SSSR count). The molecule has 0 radical (unpaired) electrons. The zero-order valence-corrected chi connectivity index (χ0v) is 15.8. The summed E-state index contributed by atoms with van der Waals surface area (Å²) in [5, 5.41) is 2.85. The van der Waals surface area contributed by atoms with Crippen molar-refractivity contribution in [2.45, 2.75) is 25.7 Å². The van der Waals surface area contributed by atoms with Crippen molar-refractivity contribution in [1.82, 2.24) is 9.21 Å². The molecule has 7 nitrogen and oxygen atoms in total. The van der Waals surface area contributed by atoms with E-state index in [-0.39, 0.29) is 18.4 Å². The minimum atomic E-state index is -3.31. The molecule has 8 heteroatoms. The quantitative estimate of drug-likeness (QED) is 0.860. The SMILES string of the molecule is CS(=O)(=O)N1CCCC(C(=O)Nc2ccccc2C(=O)N2CCCC2)C1. The van der Waals surface area contributed by atoms with Crippen molar-refractivity contribution in [1.29, 1.82) is 0 Å². The molecular formula is C18H25N3O4S. The van der Waals surface area contributed by atoms with Crippen LogP contribution in [0.3, 0.4) is 0 Å². The molecule has 26 heavy (non-hydrogen) atoms. The van der Waals surface area contributed by atoms with Crippen LogP contribution >= 0.6 is 0 Å². The third-order valence-electron chi connectivity index (χ3n) is 5.03. The number of carbonyl (C=O) groups excluding carboxylic acids is 2. The normalized spacial score (nSPS) is 21.6. The number of nitrogens with one attached hydrogen (secondary N) is 1. The van der Waals surface area contributed by atoms with Gasteiger partial charge >= 0.3 is 0 Å². The highest BCUT2D eigenvalue weighted by molar-refractivity contribution is 7.88. The van der Waals surface area contributed by atoms with Crippen molar-refractivity contribution in [2.75, 3.05) is 37.8 Å². The maximum atomic E-state index is 12.7. The van der Waals surface area contributed by atoms with Crippen LogP contribution in [-0.2, 0) is 14.8 Å². The van der Waals surface area contributed by atoms with Crippen molar-refractivity contribution in [3.05, 3.63) is 29.8 Å². The second-order valence-electron chi connectivity index (χ2n) is 6.99. The van der Waals surface area contributed by atoms with Crippen LogP contribution in [0.25, 0.3) is 0 Å². The fourth-order valence-corrected chi connectivity index (χ4v) is 4.47. The monoisotopic (exact) mass is 379 g/mol. The predicted octanol–water partition coefficient (Wildman–Crippen LogP) is 1.53. The average molecular weight is 379 g/mol. The first-order chi connectivity index (χ1) is 12.4. The summed E-state index contributed by atoms with van der Waals surface area (Å²) in [5.41, 5.74) is 0.976. The lowest BCUT2D eigenvalue weighted by Crippen LogP contribution is -2.43. The molecule has 0 aromatic heterocycles. The Kier molecular flexibility index (Phi) is 5.62. The van der Waals surface area contributed by atoms with Gasteiger partial charge in [-0.15, -0.1) is 0 Å². The van der Waals surface area contributed by atoms with E-state index in [4.69, 9.17) is 0 Å². The van der Waals surface area contributed by atoms with Gasteiger partial charge < -0.3 is 10.2 Å². The number of piperidine rings is 1. The first-order valence-corrected chi connectivity index (χ1v) is 10.9. The predicted molar refractivity (Wildman–Crippen MR) is 99.4 cm³/mol. The van der Waals surface area contributed by atoms with Crippen LogP contribution in [0, 0.1) is 5.92 Å². The van der Waals surface area contributed by atoms with Gasteiger partial charge in [0.05, 0.1) is 23.4 Å². The fourth-order valence-electron chi connectivity index (χ4n) is 3.56. The Balaban J connectivity index is 1.72. The number of carbonyl (C=O) groups is 2. The first kappa shape index (κ1) is 18.8. The summed E-state index contributed by atoms with van der Waals surface area (Å²) in [6.45, 7) is 2.12. The summed E-state index contributed by atoms with van der Waals surface area (Å²) in [4.78, 5) is 27.2. The maximum absolute atomic E-state index is 12.7. The average Bonchev–Trinajstić information content (AvgIpc) is 3.15. The third kappa shape index (κ3) is 4.24. The van der Waals surface area contributed by atoms with Crippen LogP contribution < -0.4 is 5.32 Å². The Morgan fingerprint density at radius 2 is 1.77 bits per heavy atom. The van der Waals surface area contributed by atoms with Gasteiger partial charge in [0.2, 0.25) is 15.9 Å². The number of anilines is 1. The molecule has 2 aliphatic heterocycles. The van der Waals surface area contributed by atoms with Gasteiger partial charge in [-0.05, 0) is 37.8 Å². The number of para-hydroxylation sites is 1. The van der Waals surface area contributed by atoms with Crippen LogP contribution in [-0.4, -0.2) is 61.9 Å². The topological polar surface area (TPSA) is 86.8 Å². The molecule has 2 amide bonds. The summed E-state index contributed by atoms with van der Waals surface area (Å²) in [6, 6.07) is 7.00. The lowest BCUT2D eigenvalue weighted by Gasteiger charge is -2.30. The van der Waals surface area contributed by atoms with E-state index in [2.05, 4.69) is 5.32 Å². The number of benzene rings is 1. The number of amides is 2. The lowest BCUT2D eigenvalue weighted by molar-refractivity contribution is -0.120. The van der Waals surface area contributed by atoms with Gasteiger partial charge in [0.15, 0.2) is 0 Å². The number of sulfonamides is 1. The Morgan fingerprint density at radius 1 is 1.08 bits per heavy atom. The molecule has 0 aliphatic carbocycles. The van der Waals surface area contributed by atoms with E-state index in [1.807, 2.05) is 0 Å². The minimum absolute atomic E-state index is 0.0696. The van der Waals surface area contributed by atoms with Gasteiger partial charge in [-0.25, -0.2) is 12.7 Å². The molecule has 1 aromatic rings. The van der Waals surface area contributed by atoms with Crippen LogP contribution in [0.2, 0.25) is 0 Å². The smallest absolute Gasteiger partial charge is 0.255 e. The van der Waals surface area contributed by atoms with E-state index in [1.54, 1.807) is 29.2 Å². The molecule has 0 bridgehead atoms. The Hall–Kier alpha value is -1.93. The Labute approximate surface area is 154 Å². The van der Waals surface area contributed by atoms with E-state index in [0.717, 1.165) is 32.2 Å². The molecule has 2 aliphatic rings. The van der Waals surface area contributed by atoms with E-state index in [9.17, 15) is 18.0 Å². The molecule has 0 saturated carbocycles. The van der Waals surface area contributed by atoms with Gasteiger partial charge in [0.1, 0.15) is 0 Å². The van der Waals surface area contributed by atoms with Crippen molar-refractivity contribution in [3.8, 4) is 0 Å². The van der Waals surface area contributed by atoms with Gasteiger partial charge in [-0.2, -0.15) is 0 Å². The Morgan fingerprint density at radius 3 is 2.46 bits per heavy atom. The van der Waals surface area contributed by atoms with Crippen LogP contribution in [0.5, 0.6) is 0 Å². The van der Waals surface area contributed by atoms with Gasteiger partial charge in [0.25, 0.3) is 5.91 Å². The zero-order valence-electron chi connectivity index (χ0n) is 15.0. The maximum Gasteiger partial charge on any atom is 0.255 e. The fraction of sp³-hybridized carbons (Fsp3) is 0.556. The van der Waals surface area contributed by atoms with E-state index in [1.165, 1.54) is 4.31 Å². The Bertz CT molecular complexity index is 787. The summed E-state index contributed by atoms with van der Waals surface area (Å²) in [5.74, 6) is -0.715. The molecular weight excluding hydrogens is 354 g/mol. The standard InChI is InChI=1S/C18H25N3O4S/c1-26(24,25)21-12-6-7-14(13-21)17(22)19-16-9-3-2-8-15(16)18(23)20-10-4-5-11-20/h2-3,8-9,14H,4-7,10-13H2,1H3,(H,19,22). The number of hydrogen-bond donors (Lipinski definition) is 1. The molecule has 142 valence electrons. The molecule has 0 spiro atoms. The van der Waals surface area contributed by atoms with Crippen LogP contribution in [0.1, 0.15) is 36.0 Å². The largest absolute Gasteiger partial charge is 0.339 e. The first-order valence-electron chi connectivity index (χ1n) is 9.00. The highest BCUT2D eigenvalue weighted by Crippen LogP contribution is 2.24. The summed E-state index contributed by atoms with van der Waals surface area (Å²) in [7, 11) is -3.31. The van der Waals surface area contributed by atoms with Crippen molar-refractivity contribution < 1.29 is 18.0 Å². The van der Waals surface area contributed by atoms with Crippen LogP contribution in [0.4, 0.5) is 5.69 Å². The number of rotatable bonds is 4. The van der Waals surface area contributed by atoms with Gasteiger partial charge in [0, 0.05) is 26.2 Å². The van der Waals surface area contributed by atoms with Crippen molar-refractivity contribution in [3.63, 3.8) is 0 Å². The zero-order chi connectivity index (χ0) is 18.7. The molecule has 1 atom stereocenters. The molecule has 1 N–H and O–H groups in total. The summed E-state index contributed by atoms with van der Waals surface area (Å²) in [6.07, 6.45) is 4.46. The van der Waals surface area contributed by atoms with Gasteiger partial charge in [-0.3, -0.25) is 9.59 Å². The molecule has 2 fully saturated rings. The van der Waals surface area contributed by atoms with E-state index < -0.39 is 15.9 Å². The highest BCUT2D eigenvalue weighted by atomic mass is 32.2. The van der Waals surface area contributed by atoms with Crippen molar-refractivity contribution in [2.24, 2.45) is 5.92 Å². The number of hydrogen-bond acceptors (Lipinski definition) is 4. The molecule has 1 aromatic carbocycles. The second-order valence-corrected chi connectivity index (χ2v) is 8.98. The molecule has 1 unspecified atom stereocenters. The lowest BCUT2D eigenvalue weighted by atomic mass is 9.98. The number of likely N-dealkylation sites (tertiary alicyclic amines) is 1. The highest BCUT2D eigenvalue weighted by Gasteiger charge is 2.31. The third-order valence-corrected chi connectivity index (χ3v) is 6.30. The number of nitrogens with zero attached hydrogens (tertiary/aromatic N) is 2. The van der Waals surface area contributed by atoms with Crippen molar-refractivity contribution >= 4 is 27.5 Å². The molecule has 2 saturated heterocycles. The second kappa shape index (κ2) is 7.75. The van der Waals surface area contributed by atoms with E-state index >= 15 is 0 Å².